The number of hydrogen-bond acceptors (Lipinski definition) is 3. The van der Waals surface area contributed by atoms with Crippen molar-refractivity contribution in [2.45, 2.75) is 24.7 Å². The summed E-state index contributed by atoms with van der Waals surface area (Å²) < 4.78 is 20.4. The molecular formula is C27H27FN2O. The van der Waals surface area contributed by atoms with Gasteiger partial charge < -0.3 is 10.1 Å². The van der Waals surface area contributed by atoms with Gasteiger partial charge in [-0.05, 0) is 78.9 Å². The quantitative estimate of drug-likeness (QED) is 0.538. The second-order valence-electron chi connectivity index (χ2n) is 8.24. The Morgan fingerprint density at radius 2 is 1.68 bits per heavy atom. The van der Waals surface area contributed by atoms with Gasteiger partial charge in [0, 0.05) is 5.41 Å². The number of piperidine rings is 1. The zero-order chi connectivity index (χ0) is 21.5. The highest BCUT2D eigenvalue weighted by atomic mass is 19.1. The minimum Gasteiger partial charge on any atom is -0.380 e. The number of ether oxygens (including phenoxy) is 1. The Morgan fingerprint density at radius 1 is 0.935 bits per heavy atom. The summed E-state index contributed by atoms with van der Waals surface area (Å²) in [4.78, 5) is 0. The fourth-order valence-electron chi connectivity index (χ4n) is 4.37. The molecule has 3 aromatic rings. The molecule has 0 aliphatic carbocycles. The van der Waals surface area contributed by atoms with Gasteiger partial charge in [-0.2, -0.15) is 5.26 Å². The Kier molecular flexibility index (Phi) is 6.76. The molecule has 4 rings (SSSR count). The normalized spacial score (nSPS) is 15.4. The lowest BCUT2D eigenvalue weighted by Crippen LogP contribution is -2.43. The summed E-state index contributed by atoms with van der Waals surface area (Å²) in [5.74, 6) is -0.254. The van der Waals surface area contributed by atoms with Gasteiger partial charge in [-0.25, -0.2) is 4.39 Å². The molecule has 0 bridgehead atoms. The highest BCUT2D eigenvalue weighted by molar-refractivity contribution is 5.65. The van der Waals surface area contributed by atoms with Crippen molar-refractivity contribution < 1.29 is 9.13 Å². The molecule has 1 heterocycles. The van der Waals surface area contributed by atoms with Crippen molar-refractivity contribution in [1.82, 2.24) is 5.32 Å². The number of benzene rings is 3. The van der Waals surface area contributed by atoms with E-state index in [2.05, 4.69) is 41.7 Å². The Labute approximate surface area is 183 Å². The molecule has 3 aromatic carbocycles. The van der Waals surface area contributed by atoms with Gasteiger partial charge in [-0.3, -0.25) is 0 Å². The van der Waals surface area contributed by atoms with Crippen LogP contribution in [-0.4, -0.2) is 26.3 Å². The van der Waals surface area contributed by atoms with Crippen LogP contribution in [0, 0.1) is 17.1 Å². The molecule has 158 valence electrons. The average molecular weight is 415 g/mol. The van der Waals surface area contributed by atoms with Crippen LogP contribution in [0.1, 0.15) is 29.5 Å². The van der Waals surface area contributed by atoms with Crippen LogP contribution < -0.4 is 5.32 Å². The van der Waals surface area contributed by atoms with Crippen molar-refractivity contribution in [1.29, 1.82) is 5.26 Å². The zero-order valence-corrected chi connectivity index (χ0v) is 17.6. The van der Waals surface area contributed by atoms with E-state index < -0.39 is 0 Å². The molecule has 1 aliphatic rings. The van der Waals surface area contributed by atoms with Gasteiger partial charge in [-0.1, -0.05) is 48.5 Å². The average Bonchev–Trinajstić information content (AvgIpc) is 2.83. The van der Waals surface area contributed by atoms with Crippen LogP contribution in [0.5, 0.6) is 0 Å². The number of halogens is 1. The molecule has 1 saturated heterocycles. The molecule has 0 aromatic heterocycles. The molecular weight excluding hydrogens is 387 g/mol. The van der Waals surface area contributed by atoms with Crippen molar-refractivity contribution in [2.24, 2.45) is 0 Å². The standard InChI is InChI=1S/C27H27FN2O/c28-26-17-22(16-24(18-26)23-8-6-21(19-29)7-9-23)10-15-31-20-27(11-13-30-14-12-27)25-4-2-1-3-5-25/h1-9,16-18,30H,10-15,20H2. The van der Waals surface area contributed by atoms with Crippen LogP contribution in [-0.2, 0) is 16.6 Å². The fraction of sp³-hybridized carbons (Fsp3) is 0.296. The van der Waals surface area contributed by atoms with Crippen molar-refractivity contribution >= 4 is 0 Å². The van der Waals surface area contributed by atoms with Gasteiger partial charge in [0.05, 0.1) is 24.8 Å². The molecule has 0 radical (unpaired) electrons. The Balaban J connectivity index is 1.41. The molecule has 4 heteroatoms. The second-order valence-corrected chi connectivity index (χ2v) is 8.24. The lowest BCUT2D eigenvalue weighted by atomic mass is 9.74. The molecule has 1 fully saturated rings. The lowest BCUT2D eigenvalue weighted by Gasteiger charge is -2.38. The van der Waals surface area contributed by atoms with Crippen LogP contribution in [0.15, 0.2) is 72.8 Å². The maximum atomic E-state index is 14.2. The predicted octanol–water partition coefficient (Wildman–Crippen LogP) is 5.24. The van der Waals surface area contributed by atoms with Crippen LogP contribution in [0.2, 0.25) is 0 Å². The zero-order valence-electron chi connectivity index (χ0n) is 17.6. The minimum absolute atomic E-state index is 0.0437. The summed E-state index contributed by atoms with van der Waals surface area (Å²) >= 11 is 0. The topological polar surface area (TPSA) is 45.0 Å². The number of hydrogen-bond donors (Lipinski definition) is 1. The first-order valence-electron chi connectivity index (χ1n) is 10.8. The molecule has 0 saturated carbocycles. The SMILES string of the molecule is N#Cc1ccc(-c2cc(F)cc(CCOCC3(c4ccccc4)CCNCC3)c2)cc1. The Hall–Kier alpha value is -3.00. The van der Waals surface area contributed by atoms with E-state index in [1.54, 1.807) is 18.2 Å². The van der Waals surface area contributed by atoms with Crippen LogP contribution in [0.4, 0.5) is 4.39 Å². The lowest BCUT2D eigenvalue weighted by molar-refractivity contribution is 0.0690. The van der Waals surface area contributed by atoms with Gasteiger partial charge >= 0.3 is 0 Å². The van der Waals surface area contributed by atoms with E-state index >= 15 is 0 Å². The van der Waals surface area contributed by atoms with Gasteiger partial charge in [0.25, 0.3) is 0 Å². The van der Waals surface area contributed by atoms with E-state index in [0.717, 1.165) is 42.6 Å². The maximum Gasteiger partial charge on any atom is 0.124 e. The van der Waals surface area contributed by atoms with E-state index in [-0.39, 0.29) is 11.2 Å². The van der Waals surface area contributed by atoms with E-state index in [0.29, 0.717) is 25.2 Å². The molecule has 0 spiro atoms. The van der Waals surface area contributed by atoms with Gasteiger partial charge in [0.15, 0.2) is 0 Å². The molecule has 31 heavy (non-hydrogen) atoms. The largest absolute Gasteiger partial charge is 0.380 e. The molecule has 1 aliphatic heterocycles. The first-order chi connectivity index (χ1) is 15.2. The van der Waals surface area contributed by atoms with Crippen LogP contribution in [0.3, 0.4) is 0 Å². The first kappa shape index (κ1) is 21.2. The summed E-state index contributed by atoms with van der Waals surface area (Å²) in [6.07, 6.45) is 2.77. The van der Waals surface area contributed by atoms with Gasteiger partial charge in [0.1, 0.15) is 5.82 Å². The Bertz CT molecular complexity index is 1040. The number of nitrogens with one attached hydrogen (secondary N) is 1. The molecule has 0 amide bonds. The highest BCUT2D eigenvalue weighted by Gasteiger charge is 2.34. The van der Waals surface area contributed by atoms with Crippen LogP contribution >= 0.6 is 0 Å². The smallest absolute Gasteiger partial charge is 0.124 e. The van der Waals surface area contributed by atoms with E-state index in [1.807, 2.05) is 18.2 Å². The minimum atomic E-state index is -0.254. The summed E-state index contributed by atoms with van der Waals surface area (Å²) in [7, 11) is 0. The first-order valence-corrected chi connectivity index (χ1v) is 10.8. The van der Waals surface area contributed by atoms with Crippen molar-refractivity contribution in [2.75, 3.05) is 26.3 Å². The third-order valence-electron chi connectivity index (χ3n) is 6.17. The maximum absolute atomic E-state index is 14.2. The van der Waals surface area contributed by atoms with E-state index in [1.165, 1.54) is 11.6 Å². The fourth-order valence-corrected chi connectivity index (χ4v) is 4.37. The molecule has 1 N–H and O–H groups in total. The van der Waals surface area contributed by atoms with Crippen LogP contribution in [0.25, 0.3) is 11.1 Å². The van der Waals surface area contributed by atoms with Crippen molar-refractivity contribution in [3.63, 3.8) is 0 Å². The second kappa shape index (κ2) is 9.87. The van der Waals surface area contributed by atoms with Crippen molar-refractivity contribution in [3.05, 3.63) is 95.3 Å². The van der Waals surface area contributed by atoms with E-state index in [4.69, 9.17) is 10.00 Å². The molecule has 0 unspecified atom stereocenters. The number of nitriles is 1. The van der Waals surface area contributed by atoms with Gasteiger partial charge in [-0.15, -0.1) is 0 Å². The number of nitrogens with zero attached hydrogens (tertiary/aromatic N) is 1. The summed E-state index contributed by atoms with van der Waals surface area (Å²) in [6.45, 7) is 3.22. The monoisotopic (exact) mass is 414 g/mol. The highest BCUT2D eigenvalue weighted by Crippen LogP contribution is 2.34. The summed E-state index contributed by atoms with van der Waals surface area (Å²) in [5, 5.41) is 12.4. The third kappa shape index (κ3) is 5.19. The molecule has 0 atom stereocenters. The van der Waals surface area contributed by atoms with E-state index in [9.17, 15) is 4.39 Å². The predicted molar refractivity (Wildman–Crippen MR) is 121 cm³/mol. The number of rotatable bonds is 7. The third-order valence-corrected chi connectivity index (χ3v) is 6.17. The molecule has 3 nitrogen and oxygen atoms in total. The summed E-state index contributed by atoms with van der Waals surface area (Å²) in [6, 6.07) is 25.1. The summed E-state index contributed by atoms with van der Waals surface area (Å²) in [5.41, 5.74) is 4.61. The van der Waals surface area contributed by atoms with Crippen molar-refractivity contribution in [3.8, 4) is 17.2 Å². The van der Waals surface area contributed by atoms with Gasteiger partial charge in [0.2, 0.25) is 0 Å². The Morgan fingerprint density at radius 3 is 2.39 bits per heavy atom.